The van der Waals surface area contributed by atoms with Gasteiger partial charge < -0.3 is 10.0 Å². The Balaban J connectivity index is 2.03. The predicted molar refractivity (Wildman–Crippen MR) is 64.1 cm³/mol. The zero-order valence-electron chi connectivity index (χ0n) is 10.4. The van der Waals surface area contributed by atoms with Gasteiger partial charge in [0.15, 0.2) is 0 Å². The average Bonchev–Trinajstić information content (AvgIpc) is 2.59. The monoisotopic (exact) mass is 237 g/mol. The highest BCUT2D eigenvalue weighted by Crippen LogP contribution is 2.19. The minimum absolute atomic E-state index is 0.268. The van der Waals surface area contributed by atoms with E-state index in [2.05, 4.69) is 17.0 Å². The number of piperidine rings is 1. The SMILES string of the molecule is CN1CCCC(Cc2cc(C(=O)O)n(C)n2)C1. The van der Waals surface area contributed by atoms with E-state index in [0.29, 0.717) is 5.92 Å². The van der Waals surface area contributed by atoms with Crippen LogP contribution >= 0.6 is 0 Å². The van der Waals surface area contributed by atoms with E-state index in [-0.39, 0.29) is 5.69 Å². The molecule has 0 aliphatic carbocycles. The highest BCUT2D eigenvalue weighted by Gasteiger charge is 2.20. The lowest BCUT2D eigenvalue weighted by molar-refractivity contribution is 0.0685. The van der Waals surface area contributed by atoms with Gasteiger partial charge in [-0.25, -0.2) is 4.79 Å². The van der Waals surface area contributed by atoms with Crippen molar-refractivity contribution in [2.45, 2.75) is 19.3 Å². The van der Waals surface area contributed by atoms with Crippen LogP contribution in [0.4, 0.5) is 0 Å². The first-order chi connectivity index (χ1) is 8.06. The van der Waals surface area contributed by atoms with Gasteiger partial charge in [-0.05, 0) is 44.8 Å². The Morgan fingerprint density at radius 3 is 2.94 bits per heavy atom. The van der Waals surface area contributed by atoms with Crippen LogP contribution in [0.5, 0.6) is 0 Å². The molecule has 17 heavy (non-hydrogen) atoms. The summed E-state index contributed by atoms with van der Waals surface area (Å²) in [6.07, 6.45) is 3.31. The van der Waals surface area contributed by atoms with Crippen LogP contribution < -0.4 is 0 Å². The van der Waals surface area contributed by atoms with Crippen molar-refractivity contribution in [3.8, 4) is 0 Å². The van der Waals surface area contributed by atoms with Gasteiger partial charge in [-0.15, -0.1) is 0 Å². The van der Waals surface area contributed by atoms with Gasteiger partial charge >= 0.3 is 5.97 Å². The molecule has 0 radical (unpaired) electrons. The molecule has 1 aromatic heterocycles. The summed E-state index contributed by atoms with van der Waals surface area (Å²) in [5.41, 5.74) is 1.16. The van der Waals surface area contributed by atoms with Crippen molar-refractivity contribution >= 4 is 5.97 Å². The lowest BCUT2D eigenvalue weighted by Crippen LogP contribution is -2.33. The van der Waals surface area contributed by atoms with Gasteiger partial charge in [-0.2, -0.15) is 5.10 Å². The van der Waals surface area contributed by atoms with Crippen LogP contribution in [0.2, 0.25) is 0 Å². The summed E-state index contributed by atoms with van der Waals surface area (Å²) in [7, 11) is 3.81. The summed E-state index contributed by atoms with van der Waals surface area (Å²) in [4.78, 5) is 13.2. The maximum absolute atomic E-state index is 10.9. The molecule has 1 atom stereocenters. The smallest absolute Gasteiger partial charge is 0.354 e. The molecule has 0 bridgehead atoms. The fourth-order valence-corrected chi connectivity index (χ4v) is 2.56. The number of carboxylic acids is 1. The Labute approximate surface area is 101 Å². The first kappa shape index (κ1) is 12.1. The first-order valence-corrected chi connectivity index (χ1v) is 6.01. The summed E-state index contributed by atoms with van der Waals surface area (Å²) in [6.45, 7) is 2.25. The fraction of sp³-hybridized carbons (Fsp3) is 0.667. The van der Waals surface area contributed by atoms with Crippen molar-refractivity contribution in [2.24, 2.45) is 13.0 Å². The molecule has 1 unspecified atom stereocenters. The van der Waals surface area contributed by atoms with E-state index in [9.17, 15) is 4.79 Å². The summed E-state index contributed by atoms with van der Waals surface area (Å²) in [5.74, 6) is -0.308. The minimum atomic E-state index is -0.910. The molecule has 0 amide bonds. The van der Waals surface area contributed by atoms with Gasteiger partial charge in [0, 0.05) is 13.6 Å². The van der Waals surface area contributed by atoms with Crippen LogP contribution in [-0.4, -0.2) is 45.9 Å². The molecule has 1 N–H and O–H groups in total. The Morgan fingerprint density at radius 2 is 2.35 bits per heavy atom. The number of aromatic nitrogens is 2. The molecule has 2 rings (SSSR count). The molecular formula is C12H19N3O2. The Bertz CT molecular complexity index is 414. The third kappa shape index (κ3) is 2.85. The molecule has 1 saturated heterocycles. The van der Waals surface area contributed by atoms with Crippen LogP contribution in [0.15, 0.2) is 6.07 Å². The number of hydrogen-bond acceptors (Lipinski definition) is 3. The summed E-state index contributed by atoms with van der Waals surface area (Å²) >= 11 is 0. The van der Waals surface area contributed by atoms with Crippen molar-refractivity contribution in [1.29, 1.82) is 0 Å². The Hall–Kier alpha value is -1.36. The third-order valence-electron chi connectivity index (χ3n) is 3.37. The molecule has 1 aromatic rings. The summed E-state index contributed by atoms with van der Waals surface area (Å²) in [5, 5.41) is 13.2. The number of nitrogens with zero attached hydrogens (tertiary/aromatic N) is 3. The number of carboxylic acid groups (broad SMARTS) is 1. The molecule has 2 heterocycles. The van der Waals surface area contributed by atoms with E-state index in [1.165, 1.54) is 24.1 Å². The van der Waals surface area contributed by atoms with E-state index in [1.807, 2.05) is 0 Å². The molecule has 0 saturated carbocycles. The van der Waals surface area contributed by atoms with Gasteiger partial charge in [0.2, 0.25) is 0 Å². The van der Waals surface area contributed by atoms with Crippen molar-refractivity contribution in [2.75, 3.05) is 20.1 Å². The lowest BCUT2D eigenvalue weighted by atomic mass is 9.94. The molecule has 1 aliphatic rings. The van der Waals surface area contributed by atoms with E-state index >= 15 is 0 Å². The molecule has 94 valence electrons. The van der Waals surface area contributed by atoms with E-state index in [0.717, 1.165) is 18.7 Å². The average molecular weight is 237 g/mol. The zero-order valence-corrected chi connectivity index (χ0v) is 10.4. The second kappa shape index (κ2) is 4.87. The van der Waals surface area contributed by atoms with Crippen molar-refractivity contribution in [3.63, 3.8) is 0 Å². The van der Waals surface area contributed by atoms with Gasteiger partial charge in [-0.1, -0.05) is 0 Å². The Morgan fingerprint density at radius 1 is 1.59 bits per heavy atom. The molecule has 1 aliphatic heterocycles. The van der Waals surface area contributed by atoms with Crippen LogP contribution in [0, 0.1) is 5.92 Å². The topological polar surface area (TPSA) is 58.4 Å². The zero-order chi connectivity index (χ0) is 12.4. The molecule has 1 fully saturated rings. The van der Waals surface area contributed by atoms with E-state index in [1.54, 1.807) is 13.1 Å². The largest absolute Gasteiger partial charge is 0.477 e. The second-order valence-electron chi connectivity index (χ2n) is 4.92. The second-order valence-corrected chi connectivity index (χ2v) is 4.92. The van der Waals surface area contributed by atoms with Gasteiger partial charge in [0.25, 0.3) is 0 Å². The molecule has 5 heteroatoms. The standard InChI is InChI=1S/C12H19N3O2/c1-14-5-3-4-9(8-14)6-10-7-11(12(16)17)15(2)13-10/h7,9H,3-6,8H2,1-2H3,(H,16,17). The first-order valence-electron chi connectivity index (χ1n) is 6.01. The van der Waals surface area contributed by atoms with Crippen LogP contribution in [0.3, 0.4) is 0 Å². The van der Waals surface area contributed by atoms with Crippen LogP contribution in [0.1, 0.15) is 29.0 Å². The third-order valence-corrected chi connectivity index (χ3v) is 3.37. The fourth-order valence-electron chi connectivity index (χ4n) is 2.56. The van der Waals surface area contributed by atoms with Crippen molar-refractivity contribution in [1.82, 2.24) is 14.7 Å². The summed E-state index contributed by atoms with van der Waals surface area (Å²) in [6, 6.07) is 1.69. The number of carbonyl (C=O) groups is 1. The van der Waals surface area contributed by atoms with E-state index < -0.39 is 5.97 Å². The Kier molecular flexibility index (Phi) is 3.47. The highest BCUT2D eigenvalue weighted by atomic mass is 16.4. The predicted octanol–water partition coefficient (Wildman–Crippen LogP) is 1.00. The quantitative estimate of drug-likeness (QED) is 0.852. The van der Waals surface area contributed by atoms with Gasteiger partial charge in [0.05, 0.1) is 5.69 Å². The molecule has 5 nitrogen and oxygen atoms in total. The van der Waals surface area contributed by atoms with Crippen LogP contribution in [-0.2, 0) is 13.5 Å². The molecule has 0 spiro atoms. The molecule has 0 aromatic carbocycles. The van der Waals surface area contributed by atoms with Crippen LogP contribution in [0.25, 0.3) is 0 Å². The lowest BCUT2D eigenvalue weighted by Gasteiger charge is -2.29. The number of rotatable bonds is 3. The number of aryl methyl sites for hydroxylation is 1. The van der Waals surface area contributed by atoms with Crippen molar-refractivity contribution < 1.29 is 9.90 Å². The molecular weight excluding hydrogens is 218 g/mol. The number of hydrogen-bond donors (Lipinski definition) is 1. The number of likely N-dealkylation sites (tertiary alicyclic amines) is 1. The number of aromatic carboxylic acids is 1. The van der Waals surface area contributed by atoms with Gasteiger partial charge in [0.1, 0.15) is 5.69 Å². The van der Waals surface area contributed by atoms with Gasteiger partial charge in [-0.3, -0.25) is 4.68 Å². The van der Waals surface area contributed by atoms with Crippen molar-refractivity contribution in [3.05, 3.63) is 17.5 Å². The maximum atomic E-state index is 10.9. The normalized spacial score (nSPS) is 21.6. The highest BCUT2D eigenvalue weighted by molar-refractivity contribution is 5.85. The maximum Gasteiger partial charge on any atom is 0.354 e. The summed E-state index contributed by atoms with van der Waals surface area (Å²) < 4.78 is 1.45. The minimum Gasteiger partial charge on any atom is -0.477 e. The van der Waals surface area contributed by atoms with E-state index in [4.69, 9.17) is 5.11 Å².